The van der Waals surface area contributed by atoms with Crippen molar-refractivity contribution in [2.24, 2.45) is 5.84 Å². The molecule has 0 heterocycles. The maximum absolute atomic E-state index is 13.3. The molecule has 2 rings (SSSR count). The number of hydrazine groups is 1. The molecule has 4 heteroatoms. The van der Waals surface area contributed by atoms with E-state index in [4.69, 9.17) is 17.4 Å². The highest BCUT2D eigenvalue weighted by Gasteiger charge is 2.11. The standard InChI is InChI=1S/C16H18ClFN2/c1-11-2-7-15(18)9-13(11)10-16(20-19)8-12-3-5-14(17)6-4-12/h2-7,9,16,20H,8,10,19H2,1H3. The van der Waals surface area contributed by atoms with E-state index in [2.05, 4.69) is 5.43 Å². The van der Waals surface area contributed by atoms with Crippen LogP contribution in [-0.2, 0) is 12.8 Å². The molecule has 2 aromatic carbocycles. The second-order valence-electron chi connectivity index (χ2n) is 4.97. The average Bonchev–Trinajstić information content (AvgIpc) is 2.44. The highest BCUT2D eigenvalue weighted by Crippen LogP contribution is 2.16. The number of nitrogens with one attached hydrogen (secondary N) is 1. The first-order chi connectivity index (χ1) is 9.58. The van der Waals surface area contributed by atoms with Crippen molar-refractivity contribution in [3.05, 3.63) is 70.0 Å². The van der Waals surface area contributed by atoms with Crippen molar-refractivity contribution < 1.29 is 4.39 Å². The predicted molar refractivity (Wildman–Crippen MR) is 81.1 cm³/mol. The second kappa shape index (κ2) is 6.84. The zero-order valence-corrected chi connectivity index (χ0v) is 12.1. The van der Waals surface area contributed by atoms with Crippen LogP contribution in [0.5, 0.6) is 0 Å². The van der Waals surface area contributed by atoms with Crippen molar-refractivity contribution in [1.29, 1.82) is 0 Å². The van der Waals surface area contributed by atoms with Gasteiger partial charge in [0.25, 0.3) is 0 Å². The van der Waals surface area contributed by atoms with Gasteiger partial charge in [-0.1, -0.05) is 29.8 Å². The third-order valence-electron chi connectivity index (χ3n) is 3.41. The first-order valence-corrected chi connectivity index (χ1v) is 6.92. The van der Waals surface area contributed by atoms with E-state index >= 15 is 0 Å². The lowest BCUT2D eigenvalue weighted by atomic mass is 9.96. The third kappa shape index (κ3) is 4.04. The van der Waals surface area contributed by atoms with Gasteiger partial charge < -0.3 is 0 Å². The van der Waals surface area contributed by atoms with Gasteiger partial charge in [0, 0.05) is 11.1 Å². The predicted octanol–water partition coefficient (Wildman–Crippen LogP) is 3.40. The van der Waals surface area contributed by atoms with Crippen LogP contribution in [0.1, 0.15) is 16.7 Å². The van der Waals surface area contributed by atoms with Gasteiger partial charge in [0.1, 0.15) is 5.82 Å². The molecule has 20 heavy (non-hydrogen) atoms. The minimum atomic E-state index is -0.215. The molecule has 0 bridgehead atoms. The number of aryl methyl sites for hydroxylation is 1. The summed E-state index contributed by atoms with van der Waals surface area (Å²) in [5.74, 6) is 5.40. The Morgan fingerprint density at radius 1 is 1.15 bits per heavy atom. The molecule has 0 aliphatic rings. The van der Waals surface area contributed by atoms with Crippen LogP contribution in [0.25, 0.3) is 0 Å². The van der Waals surface area contributed by atoms with Gasteiger partial charge in [-0.05, 0) is 60.7 Å². The van der Waals surface area contributed by atoms with Crippen LogP contribution in [0.15, 0.2) is 42.5 Å². The minimum Gasteiger partial charge on any atom is -0.271 e. The van der Waals surface area contributed by atoms with Gasteiger partial charge >= 0.3 is 0 Å². The van der Waals surface area contributed by atoms with E-state index in [0.29, 0.717) is 11.4 Å². The molecule has 1 atom stereocenters. The van der Waals surface area contributed by atoms with Crippen LogP contribution < -0.4 is 11.3 Å². The van der Waals surface area contributed by atoms with Gasteiger partial charge in [0.2, 0.25) is 0 Å². The maximum Gasteiger partial charge on any atom is 0.123 e. The molecule has 0 spiro atoms. The monoisotopic (exact) mass is 292 g/mol. The van der Waals surface area contributed by atoms with Crippen molar-refractivity contribution in [1.82, 2.24) is 5.43 Å². The summed E-state index contributed by atoms with van der Waals surface area (Å²) in [5.41, 5.74) is 6.00. The molecule has 2 aromatic rings. The van der Waals surface area contributed by atoms with E-state index in [1.807, 2.05) is 31.2 Å². The Morgan fingerprint density at radius 2 is 1.85 bits per heavy atom. The minimum absolute atomic E-state index is 0.0525. The highest BCUT2D eigenvalue weighted by atomic mass is 35.5. The summed E-state index contributed by atoms with van der Waals surface area (Å²) in [6.45, 7) is 1.98. The van der Waals surface area contributed by atoms with Gasteiger partial charge in [-0.3, -0.25) is 11.3 Å². The van der Waals surface area contributed by atoms with Crippen LogP contribution >= 0.6 is 11.6 Å². The van der Waals surface area contributed by atoms with Gasteiger partial charge in [-0.2, -0.15) is 0 Å². The van der Waals surface area contributed by atoms with Gasteiger partial charge in [0.05, 0.1) is 0 Å². The maximum atomic E-state index is 13.3. The molecule has 0 aromatic heterocycles. The molecule has 0 aliphatic carbocycles. The molecule has 0 amide bonds. The number of rotatable bonds is 5. The summed E-state index contributed by atoms with van der Waals surface area (Å²) in [4.78, 5) is 0. The van der Waals surface area contributed by atoms with Crippen molar-refractivity contribution in [3.63, 3.8) is 0 Å². The highest BCUT2D eigenvalue weighted by molar-refractivity contribution is 6.30. The van der Waals surface area contributed by atoms with E-state index in [1.165, 1.54) is 6.07 Å². The first kappa shape index (κ1) is 15.0. The van der Waals surface area contributed by atoms with E-state index in [0.717, 1.165) is 23.1 Å². The SMILES string of the molecule is Cc1ccc(F)cc1CC(Cc1ccc(Cl)cc1)NN. The fraction of sp³-hybridized carbons (Fsp3) is 0.250. The molecular weight excluding hydrogens is 275 g/mol. The molecule has 3 N–H and O–H groups in total. The number of hydrogen-bond donors (Lipinski definition) is 2. The molecule has 106 valence electrons. The van der Waals surface area contributed by atoms with Crippen LogP contribution in [0.4, 0.5) is 4.39 Å². The average molecular weight is 293 g/mol. The normalized spacial score (nSPS) is 12.4. The zero-order chi connectivity index (χ0) is 14.5. The Hall–Kier alpha value is -1.42. The Labute approximate surface area is 123 Å². The molecule has 0 radical (unpaired) electrons. The number of nitrogens with two attached hydrogens (primary N) is 1. The van der Waals surface area contributed by atoms with E-state index in [-0.39, 0.29) is 11.9 Å². The number of hydrogen-bond acceptors (Lipinski definition) is 2. The van der Waals surface area contributed by atoms with Gasteiger partial charge in [-0.25, -0.2) is 4.39 Å². The Bertz CT molecular complexity index is 569. The Kier molecular flexibility index (Phi) is 5.12. The van der Waals surface area contributed by atoms with E-state index in [9.17, 15) is 4.39 Å². The summed E-state index contributed by atoms with van der Waals surface area (Å²) in [5, 5.41) is 0.715. The Balaban J connectivity index is 2.08. The summed E-state index contributed by atoms with van der Waals surface area (Å²) in [7, 11) is 0. The number of benzene rings is 2. The van der Waals surface area contributed by atoms with Gasteiger partial charge in [-0.15, -0.1) is 0 Å². The molecule has 1 unspecified atom stereocenters. The third-order valence-corrected chi connectivity index (χ3v) is 3.66. The van der Waals surface area contributed by atoms with Crippen LogP contribution in [0.2, 0.25) is 5.02 Å². The lowest BCUT2D eigenvalue weighted by Crippen LogP contribution is -2.38. The molecule has 0 saturated heterocycles. The largest absolute Gasteiger partial charge is 0.271 e. The Morgan fingerprint density at radius 3 is 2.50 bits per heavy atom. The molecule has 0 aliphatic heterocycles. The van der Waals surface area contributed by atoms with Crippen molar-refractivity contribution in [2.75, 3.05) is 0 Å². The molecule has 0 saturated carbocycles. The smallest absolute Gasteiger partial charge is 0.123 e. The fourth-order valence-electron chi connectivity index (χ4n) is 2.22. The lowest BCUT2D eigenvalue weighted by Gasteiger charge is -2.17. The molecule has 2 nitrogen and oxygen atoms in total. The zero-order valence-electron chi connectivity index (χ0n) is 11.4. The molecule has 0 fully saturated rings. The summed E-state index contributed by atoms with van der Waals surface area (Å²) in [6.07, 6.45) is 1.45. The first-order valence-electron chi connectivity index (χ1n) is 6.54. The van der Waals surface area contributed by atoms with Gasteiger partial charge in [0.15, 0.2) is 0 Å². The van der Waals surface area contributed by atoms with Crippen molar-refractivity contribution in [2.45, 2.75) is 25.8 Å². The van der Waals surface area contributed by atoms with Crippen LogP contribution in [0, 0.1) is 12.7 Å². The quantitative estimate of drug-likeness (QED) is 0.655. The summed E-state index contributed by atoms with van der Waals surface area (Å²) in [6, 6.07) is 12.6. The van der Waals surface area contributed by atoms with Crippen LogP contribution in [-0.4, -0.2) is 6.04 Å². The summed E-state index contributed by atoms with van der Waals surface area (Å²) >= 11 is 5.87. The lowest BCUT2D eigenvalue weighted by molar-refractivity contribution is 0.519. The van der Waals surface area contributed by atoms with E-state index in [1.54, 1.807) is 12.1 Å². The molecular formula is C16H18ClFN2. The van der Waals surface area contributed by atoms with Crippen molar-refractivity contribution in [3.8, 4) is 0 Å². The fourth-order valence-corrected chi connectivity index (χ4v) is 2.35. The van der Waals surface area contributed by atoms with E-state index < -0.39 is 0 Å². The number of halogens is 2. The van der Waals surface area contributed by atoms with Crippen LogP contribution in [0.3, 0.4) is 0 Å². The second-order valence-corrected chi connectivity index (χ2v) is 5.41. The summed E-state index contributed by atoms with van der Waals surface area (Å²) < 4.78 is 13.3. The van der Waals surface area contributed by atoms with Crippen molar-refractivity contribution >= 4 is 11.6 Å². The topological polar surface area (TPSA) is 38.0 Å².